The van der Waals surface area contributed by atoms with Crippen LogP contribution in [0.3, 0.4) is 0 Å². The highest BCUT2D eigenvalue weighted by Crippen LogP contribution is 2.39. The van der Waals surface area contributed by atoms with Gasteiger partial charge in [0.05, 0.1) is 5.52 Å². The van der Waals surface area contributed by atoms with Gasteiger partial charge >= 0.3 is 0 Å². The van der Waals surface area contributed by atoms with E-state index < -0.39 is 6.43 Å². The summed E-state index contributed by atoms with van der Waals surface area (Å²) in [7, 11) is 0. The quantitative estimate of drug-likeness (QED) is 0.923. The lowest BCUT2D eigenvalue weighted by Gasteiger charge is -2.34. The van der Waals surface area contributed by atoms with Crippen LogP contribution in [0, 0.1) is 5.41 Å². The molecule has 0 saturated carbocycles. The molecule has 2 aliphatic heterocycles. The first kappa shape index (κ1) is 14.8. The average molecular weight is 318 g/mol. The number of rotatable bonds is 2. The third-order valence-corrected chi connectivity index (χ3v) is 5.09. The number of anilines is 1. The zero-order chi connectivity index (χ0) is 15.9. The van der Waals surface area contributed by atoms with Gasteiger partial charge in [-0.2, -0.15) is 0 Å². The lowest BCUT2D eigenvalue weighted by molar-refractivity contribution is 0.141. The van der Waals surface area contributed by atoms with E-state index in [-0.39, 0.29) is 11.2 Å². The number of nitrogens with one attached hydrogen (secondary N) is 1. The van der Waals surface area contributed by atoms with Crippen LogP contribution in [-0.2, 0) is 0 Å². The number of hydrogen-bond acceptors (Lipinski definition) is 4. The smallest absolute Gasteiger partial charge is 0.297 e. The zero-order valence-corrected chi connectivity index (χ0v) is 12.9. The summed E-state index contributed by atoms with van der Waals surface area (Å²) in [5, 5.41) is 4.34. The highest BCUT2D eigenvalue weighted by atomic mass is 19.3. The molecule has 0 amide bonds. The van der Waals surface area contributed by atoms with Crippen molar-refractivity contribution in [1.82, 2.24) is 15.3 Å². The molecule has 6 heteroatoms. The monoisotopic (exact) mass is 318 g/mol. The maximum atomic E-state index is 13.2. The van der Waals surface area contributed by atoms with Crippen LogP contribution in [0.15, 0.2) is 24.3 Å². The van der Waals surface area contributed by atoms with Gasteiger partial charge in [-0.3, -0.25) is 0 Å². The van der Waals surface area contributed by atoms with Crippen LogP contribution in [-0.4, -0.2) is 36.1 Å². The lowest BCUT2D eigenvalue weighted by atomic mass is 9.80. The molecule has 2 aliphatic rings. The van der Waals surface area contributed by atoms with Crippen LogP contribution in [0.5, 0.6) is 0 Å². The van der Waals surface area contributed by atoms with E-state index in [1.807, 2.05) is 18.2 Å². The van der Waals surface area contributed by atoms with Crippen LogP contribution >= 0.6 is 0 Å². The van der Waals surface area contributed by atoms with Crippen molar-refractivity contribution in [1.29, 1.82) is 0 Å². The van der Waals surface area contributed by atoms with Gasteiger partial charge in [0.15, 0.2) is 5.82 Å². The van der Waals surface area contributed by atoms with Crippen molar-refractivity contribution in [3.05, 3.63) is 30.1 Å². The number of halogens is 2. The SMILES string of the molecule is FC(F)c1nc(N2CCC3(CCCNC3)C2)c2ccccc2n1. The molecule has 1 aromatic carbocycles. The molecule has 1 spiro atoms. The van der Waals surface area contributed by atoms with Gasteiger partial charge in [-0.25, -0.2) is 18.7 Å². The van der Waals surface area contributed by atoms with E-state index in [2.05, 4.69) is 20.2 Å². The number of para-hydroxylation sites is 1. The maximum absolute atomic E-state index is 13.2. The normalized spacial score (nSPS) is 24.9. The third kappa shape index (κ3) is 2.65. The molecule has 1 N–H and O–H groups in total. The van der Waals surface area contributed by atoms with Crippen LogP contribution < -0.4 is 10.2 Å². The summed E-state index contributed by atoms with van der Waals surface area (Å²) in [5.41, 5.74) is 0.852. The van der Waals surface area contributed by atoms with Gasteiger partial charge in [0, 0.05) is 30.4 Å². The van der Waals surface area contributed by atoms with Crippen molar-refractivity contribution in [2.45, 2.75) is 25.7 Å². The minimum Gasteiger partial charge on any atom is -0.355 e. The molecule has 4 nitrogen and oxygen atoms in total. The fraction of sp³-hybridized carbons (Fsp3) is 0.529. The van der Waals surface area contributed by atoms with Crippen molar-refractivity contribution in [3.8, 4) is 0 Å². The summed E-state index contributed by atoms with van der Waals surface area (Å²) in [6.45, 7) is 3.83. The largest absolute Gasteiger partial charge is 0.355 e. The lowest BCUT2D eigenvalue weighted by Crippen LogP contribution is -2.42. The van der Waals surface area contributed by atoms with Gasteiger partial charge in [0.25, 0.3) is 6.43 Å². The van der Waals surface area contributed by atoms with E-state index in [1.54, 1.807) is 6.07 Å². The van der Waals surface area contributed by atoms with Crippen molar-refractivity contribution in [3.63, 3.8) is 0 Å². The molecular formula is C17H20F2N4. The zero-order valence-electron chi connectivity index (χ0n) is 12.9. The number of piperidine rings is 1. The van der Waals surface area contributed by atoms with E-state index in [1.165, 1.54) is 12.8 Å². The highest BCUT2D eigenvalue weighted by molar-refractivity contribution is 5.89. The second-order valence-corrected chi connectivity index (χ2v) is 6.68. The number of benzene rings is 1. The van der Waals surface area contributed by atoms with E-state index in [0.29, 0.717) is 11.3 Å². The van der Waals surface area contributed by atoms with Gasteiger partial charge in [-0.05, 0) is 37.9 Å². The molecule has 23 heavy (non-hydrogen) atoms. The minimum atomic E-state index is -2.65. The summed E-state index contributed by atoms with van der Waals surface area (Å²) in [6.07, 6.45) is 0.816. The molecule has 0 bridgehead atoms. The molecule has 1 atom stereocenters. The Labute approximate surface area is 133 Å². The number of nitrogens with zero attached hydrogens (tertiary/aromatic N) is 3. The second kappa shape index (κ2) is 5.67. The highest BCUT2D eigenvalue weighted by Gasteiger charge is 2.40. The number of hydrogen-bond donors (Lipinski definition) is 1. The Morgan fingerprint density at radius 3 is 2.83 bits per heavy atom. The first-order chi connectivity index (χ1) is 11.2. The number of alkyl halides is 2. The molecule has 1 unspecified atom stereocenters. The third-order valence-electron chi connectivity index (χ3n) is 5.09. The topological polar surface area (TPSA) is 41.1 Å². The van der Waals surface area contributed by atoms with E-state index in [0.717, 1.165) is 38.0 Å². The van der Waals surface area contributed by atoms with E-state index in [9.17, 15) is 8.78 Å². The molecule has 122 valence electrons. The Hall–Kier alpha value is -1.82. The Morgan fingerprint density at radius 2 is 2.04 bits per heavy atom. The second-order valence-electron chi connectivity index (χ2n) is 6.68. The van der Waals surface area contributed by atoms with Gasteiger partial charge in [-0.1, -0.05) is 12.1 Å². The number of aromatic nitrogens is 2. The van der Waals surface area contributed by atoms with Crippen molar-refractivity contribution in [2.75, 3.05) is 31.1 Å². The Bertz CT molecular complexity index is 713. The molecular weight excluding hydrogens is 298 g/mol. The standard InChI is InChI=1S/C17H20F2N4/c18-14(19)15-21-13-5-2-1-4-12(13)16(22-15)23-9-7-17(11-23)6-3-8-20-10-17/h1-2,4-5,14,20H,3,6-11H2. The summed E-state index contributed by atoms with van der Waals surface area (Å²) in [4.78, 5) is 10.4. The van der Waals surface area contributed by atoms with Crippen molar-refractivity contribution in [2.24, 2.45) is 5.41 Å². The van der Waals surface area contributed by atoms with Crippen LogP contribution in [0.25, 0.3) is 10.9 Å². The summed E-state index contributed by atoms with van der Waals surface area (Å²) in [5.74, 6) is 0.287. The van der Waals surface area contributed by atoms with Gasteiger partial charge in [0.1, 0.15) is 5.82 Å². The molecule has 0 radical (unpaired) electrons. The minimum absolute atomic E-state index is 0.259. The average Bonchev–Trinajstić information content (AvgIpc) is 2.97. The van der Waals surface area contributed by atoms with Crippen LogP contribution in [0.4, 0.5) is 14.6 Å². The summed E-state index contributed by atoms with van der Waals surface area (Å²) < 4.78 is 26.3. The van der Waals surface area contributed by atoms with Crippen LogP contribution in [0.2, 0.25) is 0 Å². The van der Waals surface area contributed by atoms with Gasteiger partial charge < -0.3 is 10.2 Å². The summed E-state index contributed by atoms with van der Waals surface area (Å²) in [6, 6.07) is 7.43. The molecule has 3 heterocycles. The molecule has 2 fully saturated rings. The molecule has 2 aromatic rings. The molecule has 2 saturated heterocycles. The summed E-state index contributed by atoms with van der Waals surface area (Å²) >= 11 is 0. The molecule has 4 rings (SSSR count). The predicted octanol–water partition coefficient (Wildman–Crippen LogP) is 3.15. The first-order valence-electron chi connectivity index (χ1n) is 8.17. The fourth-order valence-electron chi connectivity index (χ4n) is 3.91. The number of fused-ring (bicyclic) bond motifs is 1. The van der Waals surface area contributed by atoms with Gasteiger partial charge in [-0.15, -0.1) is 0 Å². The Morgan fingerprint density at radius 1 is 1.17 bits per heavy atom. The Balaban J connectivity index is 1.73. The van der Waals surface area contributed by atoms with Gasteiger partial charge in [0.2, 0.25) is 0 Å². The molecule has 1 aromatic heterocycles. The first-order valence-corrected chi connectivity index (χ1v) is 8.17. The van der Waals surface area contributed by atoms with Crippen LogP contribution in [0.1, 0.15) is 31.5 Å². The fourth-order valence-corrected chi connectivity index (χ4v) is 3.91. The maximum Gasteiger partial charge on any atom is 0.297 e. The Kier molecular flexibility index (Phi) is 3.64. The van der Waals surface area contributed by atoms with Crippen molar-refractivity contribution < 1.29 is 8.78 Å². The van der Waals surface area contributed by atoms with Crippen molar-refractivity contribution >= 4 is 16.7 Å². The van der Waals surface area contributed by atoms with E-state index >= 15 is 0 Å². The molecule has 0 aliphatic carbocycles. The predicted molar refractivity (Wildman–Crippen MR) is 85.9 cm³/mol. The van der Waals surface area contributed by atoms with E-state index in [4.69, 9.17) is 0 Å².